The number of benzene rings is 3. The number of methoxy groups -OCH3 is 3. The molecule has 0 saturated heterocycles. The molecule has 9 heteroatoms. The lowest BCUT2D eigenvalue weighted by atomic mass is 9.99. The average Bonchev–Trinajstić information content (AvgIpc) is 3.52. The molecule has 0 fully saturated rings. The maximum Gasteiger partial charge on any atom is 0.231 e. The van der Waals surface area contributed by atoms with Crippen LogP contribution < -0.4 is 33.2 Å². The van der Waals surface area contributed by atoms with Gasteiger partial charge in [-0.25, -0.2) is 0 Å². The standard InChI is InChI=1S/C29H27NO8/c1-16-27-19(13-30(14-35-27)12-17-5-6-21-22(7-17)37-15-36-21)11-20-26(31)23(38-28(16)20)8-18-9-24(32-2)29(34-4)25(10-18)33-3/h5-11H,12-15H2,1-4H3/b23-8-. The molecular weight excluding hydrogens is 490 g/mol. The Balaban J connectivity index is 1.26. The fraction of sp³-hybridized carbons (Fsp3) is 0.276. The zero-order valence-corrected chi connectivity index (χ0v) is 21.6. The first-order valence-corrected chi connectivity index (χ1v) is 12.1. The van der Waals surface area contributed by atoms with Crippen LogP contribution in [-0.2, 0) is 13.1 Å². The Labute approximate surface area is 220 Å². The second-order valence-electron chi connectivity index (χ2n) is 9.21. The zero-order chi connectivity index (χ0) is 26.4. The van der Waals surface area contributed by atoms with Crippen LogP contribution in [0.15, 0.2) is 42.2 Å². The number of carbonyl (C=O) groups excluding carboxylic acids is 1. The molecule has 3 heterocycles. The van der Waals surface area contributed by atoms with Gasteiger partial charge in [0.25, 0.3) is 0 Å². The molecule has 0 radical (unpaired) electrons. The number of fused-ring (bicyclic) bond motifs is 3. The Bertz CT molecular complexity index is 1450. The molecule has 0 saturated carbocycles. The topological polar surface area (TPSA) is 84.9 Å². The summed E-state index contributed by atoms with van der Waals surface area (Å²) in [5.74, 6) is 4.28. The van der Waals surface area contributed by atoms with Gasteiger partial charge in [-0.3, -0.25) is 9.69 Å². The number of Topliss-reactive ketones (excluding diaryl/α,β-unsaturated/α-hetero) is 1. The lowest BCUT2D eigenvalue weighted by Gasteiger charge is -2.30. The van der Waals surface area contributed by atoms with Crippen LogP contribution in [0.3, 0.4) is 0 Å². The number of hydrogen-bond donors (Lipinski definition) is 0. The van der Waals surface area contributed by atoms with Gasteiger partial charge < -0.3 is 33.2 Å². The normalized spacial score (nSPS) is 16.5. The van der Waals surface area contributed by atoms with E-state index in [2.05, 4.69) is 4.90 Å². The van der Waals surface area contributed by atoms with Crippen LogP contribution >= 0.6 is 0 Å². The number of ketones is 1. The zero-order valence-electron chi connectivity index (χ0n) is 21.6. The maximum absolute atomic E-state index is 13.4. The molecule has 0 atom stereocenters. The molecule has 0 aliphatic carbocycles. The van der Waals surface area contributed by atoms with E-state index in [0.717, 1.165) is 33.9 Å². The average molecular weight is 518 g/mol. The predicted molar refractivity (Wildman–Crippen MR) is 138 cm³/mol. The van der Waals surface area contributed by atoms with Crippen LogP contribution in [0.2, 0.25) is 0 Å². The van der Waals surface area contributed by atoms with Gasteiger partial charge in [-0.15, -0.1) is 0 Å². The molecular formula is C29H27NO8. The number of carbonyl (C=O) groups is 1. The molecule has 0 N–H and O–H groups in total. The summed E-state index contributed by atoms with van der Waals surface area (Å²) in [6.07, 6.45) is 1.68. The summed E-state index contributed by atoms with van der Waals surface area (Å²) in [7, 11) is 4.64. The largest absolute Gasteiger partial charge is 0.493 e. The molecule has 9 nitrogen and oxygen atoms in total. The molecule has 6 rings (SSSR count). The van der Waals surface area contributed by atoms with Gasteiger partial charge >= 0.3 is 0 Å². The van der Waals surface area contributed by atoms with E-state index in [1.165, 1.54) is 0 Å². The van der Waals surface area contributed by atoms with Gasteiger partial charge in [0.2, 0.25) is 18.3 Å². The number of hydrogen-bond acceptors (Lipinski definition) is 9. The molecule has 3 aromatic rings. The van der Waals surface area contributed by atoms with Gasteiger partial charge in [-0.05, 0) is 54.5 Å². The quantitative estimate of drug-likeness (QED) is 0.431. The van der Waals surface area contributed by atoms with Crippen LogP contribution in [0.1, 0.15) is 32.6 Å². The van der Waals surface area contributed by atoms with Crippen LogP contribution in [0.5, 0.6) is 40.2 Å². The first-order chi connectivity index (χ1) is 18.5. The molecule has 3 aromatic carbocycles. The Morgan fingerprint density at radius 1 is 0.921 bits per heavy atom. The molecule has 38 heavy (non-hydrogen) atoms. The highest BCUT2D eigenvalue weighted by molar-refractivity contribution is 6.15. The van der Waals surface area contributed by atoms with Crippen molar-refractivity contribution in [3.8, 4) is 40.2 Å². The van der Waals surface area contributed by atoms with E-state index in [-0.39, 0.29) is 18.3 Å². The van der Waals surface area contributed by atoms with Crippen LogP contribution in [0.4, 0.5) is 0 Å². The van der Waals surface area contributed by atoms with Gasteiger partial charge in [0.1, 0.15) is 18.2 Å². The third-order valence-corrected chi connectivity index (χ3v) is 6.83. The molecule has 196 valence electrons. The van der Waals surface area contributed by atoms with Crippen molar-refractivity contribution in [1.82, 2.24) is 4.90 Å². The summed E-state index contributed by atoms with van der Waals surface area (Å²) >= 11 is 0. The van der Waals surface area contributed by atoms with E-state index >= 15 is 0 Å². The lowest BCUT2D eigenvalue weighted by Crippen LogP contribution is -2.32. The summed E-state index contributed by atoms with van der Waals surface area (Å²) in [6, 6.07) is 11.3. The third kappa shape index (κ3) is 4.05. The van der Waals surface area contributed by atoms with Crippen LogP contribution in [-0.4, -0.2) is 45.5 Å². The summed E-state index contributed by atoms with van der Waals surface area (Å²) in [5.41, 5.74) is 4.05. The number of ether oxygens (including phenoxy) is 7. The third-order valence-electron chi connectivity index (χ3n) is 6.83. The molecule has 3 aliphatic rings. The van der Waals surface area contributed by atoms with Crippen molar-refractivity contribution in [3.63, 3.8) is 0 Å². The fourth-order valence-corrected chi connectivity index (χ4v) is 5.03. The van der Waals surface area contributed by atoms with Crippen LogP contribution in [0.25, 0.3) is 6.08 Å². The van der Waals surface area contributed by atoms with Crippen molar-refractivity contribution in [2.24, 2.45) is 0 Å². The van der Waals surface area contributed by atoms with E-state index in [4.69, 9.17) is 33.2 Å². The first-order valence-electron chi connectivity index (χ1n) is 12.1. The van der Waals surface area contributed by atoms with Crippen molar-refractivity contribution >= 4 is 11.9 Å². The minimum absolute atomic E-state index is 0.187. The van der Waals surface area contributed by atoms with Crippen molar-refractivity contribution < 1.29 is 38.0 Å². The van der Waals surface area contributed by atoms with Crippen molar-refractivity contribution in [3.05, 3.63) is 70.0 Å². The first kappa shape index (κ1) is 24.0. The minimum atomic E-state index is -0.187. The lowest BCUT2D eigenvalue weighted by molar-refractivity contribution is 0.0876. The summed E-state index contributed by atoms with van der Waals surface area (Å²) < 4.78 is 39.4. The highest BCUT2D eigenvalue weighted by Crippen LogP contribution is 2.44. The number of rotatable bonds is 6. The van der Waals surface area contributed by atoms with Crippen molar-refractivity contribution in [1.29, 1.82) is 0 Å². The Kier molecular flexibility index (Phi) is 6.00. The van der Waals surface area contributed by atoms with E-state index in [1.807, 2.05) is 31.2 Å². The van der Waals surface area contributed by atoms with Crippen molar-refractivity contribution in [2.45, 2.75) is 20.0 Å². The highest BCUT2D eigenvalue weighted by Gasteiger charge is 2.34. The van der Waals surface area contributed by atoms with Gasteiger partial charge in [0.15, 0.2) is 28.8 Å². The van der Waals surface area contributed by atoms with Gasteiger partial charge in [0.05, 0.1) is 26.9 Å². The smallest absolute Gasteiger partial charge is 0.231 e. The van der Waals surface area contributed by atoms with Crippen LogP contribution in [0, 0.1) is 6.92 Å². The fourth-order valence-electron chi connectivity index (χ4n) is 5.03. The summed E-state index contributed by atoms with van der Waals surface area (Å²) in [6.45, 7) is 3.89. The van der Waals surface area contributed by atoms with Gasteiger partial charge in [-0.2, -0.15) is 0 Å². The van der Waals surface area contributed by atoms with E-state index in [1.54, 1.807) is 39.5 Å². The maximum atomic E-state index is 13.4. The Morgan fingerprint density at radius 2 is 1.68 bits per heavy atom. The molecule has 3 aliphatic heterocycles. The summed E-state index contributed by atoms with van der Waals surface area (Å²) in [4.78, 5) is 15.6. The van der Waals surface area contributed by atoms with Gasteiger partial charge in [0, 0.05) is 24.2 Å². The second kappa shape index (κ2) is 9.50. The van der Waals surface area contributed by atoms with E-state index in [9.17, 15) is 4.79 Å². The SMILES string of the molecule is COc1cc(/C=C2\Oc3c(cc4c(c3C)OCN(Cc3ccc5c(c3)OCO5)C4)C2=O)cc(OC)c1OC. The second-order valence-corrected chi connectivity index (χ2v) is 9.21. The minimum Gasteiger partial charge on any atom is -0.493 e. The highest BCUT2D eigenvalue weighted by atomic mass is 16.7. The molecule has 0 amide bonds. The number of allylic oxidation sites excluding steroid dienone is 1. The van der Waals surface area contributed by atoms with Gasteiger partial charge in [-0.1, -0.05) is 6.07 Å². The van der Waals surface area contributed by atoms with E-state index < -0.39 is 0 Å². The Morgan fingerprint density at radius 3 is 2.42 bits per heavy atom. The van der Waals surface area contributed by atoms with E-state index in [0.29, 0.717) is 53.9 Å². The molecule has 0 spiro atoms. The predicted octanol–water partition coefficient (Wildman–Crippen LogP) is 4.72. The Hall–Kier alpha value is -4.37. The number of nitrogens with zero attached hydrogens (tertiary/aromatic N) is 1. The molecule has 0 aromatic heterocycles. The van der Waals surface area contributed by atoms with Crippen molar-refractivity contribution in [2.75, 3.05) is 34.9 Å². The monoisotopic (exact) mass is 517 g/mol. The molecule has 0 unspecified atom stereocenters. The molecule has 0 bridgehead atoms. The summed E-state index contributed by atoms with van der Waals surface area (Å²) in [5, 5.41) is 0.